The van der Waals surface area contributed by atoms with Gasteiger partial charge in [0, 0.05) is 37.5 Å². The second kappa shape index (κ2) is 5.17. The van der Waals surface area contributed by atoms with Crippen LogP contribution in [0.5, 0.6) is 0 Å². The standard InChI is InChI=1S/C11H12ClN3O5S2/c12-7-8(15-5-6-21-10(15)13-7)22(19,20)14-3-1-11(18,2-4-14)9(16)17/h5-6,18H,1-4H2,(H,16,17). The van der Waals surface area contributed by atoms with E-state index in [1.807, 2.05) is 0 Å². The lowest BCUT2D eigenvalue weighted by atomic mass is 9.93. The Balaban J connectivity index is 1.93. The maximum atomic E-state index is 12.7. The fraction of sp³-hybridized carbons (Fsp3) is 0.455. The first-order chi connectivity index (χ1) is 10.3. The Hall–Kier alpha value is -1.20. The summed E-state index contributed by atoms with van der Waals surface area (Å²) in [5.41, 5.74) is -1.88. The monoisotopic (exact) mass is 365 g/mol. The van der Waals surface area contributed by atoms with Gasteiger partial charge in [-0.3, -0.25) is 4.40 Å². The summed E-state index contributed by atoms with van der Waals surface area (Å²) in [5, 5.41) is 20.3. The Morgan fingerprint density at radius 2 is 2.05 bits per heavy atom. The number of sulfonamides is 1. The zero-order valence-electron chi connectivity index (χ0n) is 11.1. The fourth-order valence-electron chi connectivity index (χ4n) is 2.40. The lowest BCUT2D eigenvalue weighted by molar-refractivity contribution is -0.162. The number of rotatable bonds is 3. The van der Waals surface area contributed by atoms with Crippen LogP contribution in [0, 0.1) is 0 Å². The summed E-state index contributed by atoms with van der Waals surface area (Å²) >= 11 is 7.20. The van der Waals surface area contributed by atoms with E-state index in [4.69, 9.17) is 16.7 Å². The lowest BCUT2D eigenvalue weighted by Gasteiger charge is -2.34. The first-order valence-electron chi connectivity index (χ1n) is 6.33. The number of nitrogens with zero attached hydrogens (tertiary/aromatic N) is 3. The first kappa shape index (κ1) is 15.7. The Bertz CT molecular complexity index is 835. The molecule has 8 nitrogen and oxygen atoms in total. The molecule has 0 aromatic carbocycles. The van der Waals surface area contributed by atoms with Gasteiger partial charge in [0.2, 0.25) is 0 Å². The molecule has 3 heterocycles. The summed E-state index contributed by atoms with van der Waals surface area (Å²) < 4.78 is 27.9. The van der Waals surface area contributed by atoms with Crippen molar-refractivity contribution in [1.82, 2.24) is 13.7 Å². The van der Waals surface area contributed by atoms with Gasteiger partial charge in [0.15, 0.2) is 20.7 Å². The summed E-state index contributed by atoms with van der Waals surface area (Å²) in [6.07, 6.45) is 1.21. The van der Waals surface area contributed by atoms with E-state index < -0.39 is 21.6 Å². The largest absolute Gasteiger partial charge is 0.479 e. The number of piperidine rings is 1. The summed E-state index contributed by atoms with van der Waals surface area (Å²) in [7, 11) is -3.92. The van der Waals surface area contributed by atoms with Gasteiger partial charge in [0.25, 0.3) is 10.0 Å². The number of thiazole rings is 1. The van der Waals surface area contributed by atoms with Crippen LogP contribution < -0.4 is 0 Å². The minimum absolute atomic E-state index is 0.0984. The number of carboxylic acids is 1. The highest BCUT2D eigenvalue weighted by atomic mass is 35.5. The van der Waals surface area contributed by atoms with Crippen molar-refractivity contribution in [2.24, 2.45) is 0 Å². The fourth-order valence-corrected chi connectivity index (χ4v) is 5.25. The second-order valence-corrected chi connectivity index (χ2v) is 8.09. The minimum Gasteiger partial charge on any atom is -0.479 e. The summed E-state index contributed by atoms with van der Waals surface area (Å²) in [6, 6.07) is 0. The smallest absolute Gasteiger partial charge is 0.335 e. The number of fused-ring (bicyclic) bond motifs is 1. The molecule has 1 saturated heterocycles. The third kappa shape index (κ3) is 2.31. The van der Waals surface area contributed by atoms with Gasteiger partial charge < -0.3 is 10.2 Å². The average Bonchev–Trinajstić information content (AvgIpc) is 2.98. The van der Waals surface area contributed by atoms with Crippen LogP contribution in [0.25, 0.3) is 4.96 Å². The zero-order chi connectivity index (χ0) is 16.1. The highest BCUT2D eigenvalue weighted by Gasteiger charge is 2.43. The van der Waals surface area contributed by atoms with Crippen molar-refractivity contribution in [3.8, 4) is 0 Å². The van der Waals surface area contributed by atoms with Gasteiger partial charge >= 0.3 is 5.97 Å². The van der Waals surface area contributed by atoms with Gasteiger partial charge in [-0.25, -0.2) is 18.2 Å². The summed E-state index contributed by atoms with van der Waals surface area (Å²) in [6.45, 7) is -0.197. The van der Waals surface area contributed by atoms with E-state index in [-0.39, 0.29) is 36.1 Å². The number of aliphatic hydroxyl groups is 1. The van der Waals surface area contributed by atoms with Crippen LogP contribution in [0.4, 0.5) is 0 Å². The molecule has 1 aliphatic heterocycles. The van der Waals surface area contributed by atoms with Crippen molar-refractivity contribution in [2.45, 2.75) is 23.5 Å². The molecule has 11 heteroatoms. The third-order valence-corrected chi connectivity index (χ3v) is 6.77. The molecule has 0 unspecified atom stereocenters. The molecule has 2 aromatic heterocycles. The van der Waals surface area contributed by atoms with Crippen LogP contribution in [0.15, 0.2) is 16.6 Å². The van der Waals surface area contributed by atoms with E-state index in [9.17, 15) is 18.3 Å². The molecule has 3 rings (SSSR count). The van der Waals surface area contributed by atoms with Gasteiger partial charge in [0.1, 0.15) is 0 Å². The topological polar surface area (TPSA) is 112 Å². The van der Waals surface area contributed by atoms with E-state index >= 15 is 0 Å². The van der Waals surface area contributed by atoms with Crippen LogP contribution >= 0.6 is 22.9 Å². The molecule has 22 heavy (non-hydrogen) atoms. The van der Waals surface area contributed by atoms with Gasteiger partial charge in [-0.1, -0.05) is 11.6 Å². The van der Waals surface area contributed by atoms with Gasteiger partial charge in [-0.15, -0.1) is 11.3 Å². The van der Waals surface area contributed by atoms with Crippen LogP contribution in [-0.2, 0) is 14.8 Å². The molecular formula is C11H12ClN3O5S2. The molecule has 0 aliphatic carbocycles. The van der Waals surface area contributed by atoms with Crippen molar-refractivity contribution in [2.75, 3.05) is 13.1 Å². The quantitative estimate of drug-likeness (QED) is 0.825. The van der Waals surface area contributed by atoms with E-state index in [0.717, 1.165) is 4.31 Å². The Labute approximate surface area is 134 Å². The highest BCUT2D eigenvalue weighted by molar-refractivity contribution is 7.89. The summed E-state index contributed by atoms with van der Waals surface area (Å²) in [4.78, 5) is 15.5. The number of aliphatic carboxylic acids is 1. The van der Waals surface area contributed by atoms with Crippen LogP contribution in [0.1, 0.15) is 12.8 Å². The predicted molar refractivity (Wildman–Crippen MR) is 78.7 cm³/mol. The molecule has 120 valence electrons. The first-order valence-corrected chi connectivity index (χ1v) is 9.02. The Morgan fingerprint density at radius 1 is 1.41 bits per heavy atom. The maximum Gasteiger partial charge on any atom is 0.335 e. The van der Waals surface area contributed by atoms with Crippen molar-refractivity contribution < 1.29 is 23.4 Å². The van der Waals surface area contributed by atoms with E-state index in [1.54, 1.807) is 11.6 Å². The summed E-state index contributed by atoms with van der Waals surface area (Å²) in [5.74, 6) is -1.34. The lowest BCUT2D eigenvalue weighted by Crippen LogP contribution is -2.50. The van der Waals surface area contributed by atoms with E-state index in [0.29, 0.717) is 4.96 Å². The van der Waals surface area contributed by atoms with Gasteiger partial charge in [-0.05, 0) is 0 Å². The zero-order valence-corrected chi connectivity index (χ0v) is 13.5. The molecule has 1 fully saturated rings. The molecular weight excluding hydrogens is 354 g/mol. The molecule has 0 atom stereocenters. The number of carboxylic acid groups (broad SMARTS) is 1. The Kier molecular flexibility index (Phi) is 3.68. The van der Waals surface area contributed by atoms with Crippen molar-refractivity contribution in [3.63, 3.8) is 0 Å². The predicted octanol–water partition coefficient (Wildman–Crippen LogP) is 0.649. The van der Waals surface area contributed by atoms with Crippen molar-refractivity contribution in [3.05, 3.63) is 16.7 Å². The van der Waals surface area contributed by atoms with E-state index in [2.05, 4.69) is 4.98 Å². The molecule has 0 saturated carbocycles. The van der Waals surface area contributed by atoms with Gasteiger partial charge in [0.05, 0.1) is 0 Å². The van der Waals surface area contributed by atoms with Crippen molar-refractivity contribution >= 4 is 43.9 Å². The maximum absolute atomic E-state index is 12.7. The number of aromatic nitrogens is 2. The second-order valence-electron chi connectivity index (χ2n) is 5.00. The SMILES string of the molecule is O=C(O)C1(O)CCN(S(=O)(=O)c2c(Cl)nc3sccn23)CC1. The minimum atomic E-state index is -3.92. The molecule has 1 aliphatic rings. The highest BCUT2D eigenvalue weighted by Crippen LogP contribution is 2.31. The molecule has 0 radical (unpaired) electrons. The Morgan fingerprint density at radius 3 is 2.64 bits per heavy atom. The van der Waals surface area contributed by atoms with Crippen LogP contribution in [-0.4, -0.2) is 57.0 Å². The normalized spacial score (nSPS) is 19.5. The molecule has 2 N–H and O–H groups in total. The van der Waals surface area contributed by atoms with E-state index in [1.165, 1.54) is 15.7 Å². The molecule has 0 spiro atoms. The molecule has 0 bridgehead atoms. The van der Waals surface area contributed by atoms with Crippen LogP contribution in [0.2, 0.25) is 5.15 Å². The average molecular weight is 366 g/mol. The number of hydrogen-bond donors (Lipinski definition) is 2. The number of hydrogen-bond acceptors (Lipinski definition) is 6. The van der Waals surface area contributed by atoms with Crippen LogP contribution in [0.3, 0.4) is 0 Å². The number of halogens is 1. The number of imidazole rings is 1. The third-order valence-electron chi connectivity index (χ3n) is 3.71. The number of carbonyl (C=O) groups is 1. The molecule has 0 amide bonds. The molecule has 2 aromatic rings. The van der Waals surface area contributed by atoms with Gasteiger partial charge in [-0.2, -0.15) is 4.31 Å². The van der Waals surface area contributed by atoms with Crippen molar-refractivity contribution in [1.29, 1.82) is 0 Å².